The topological polar surface area (TPSA) is 311 Å². The van der Waals surface area contributed by atoms with Gasteiger partial charge in [0.05, 0.1) is 86.0 Å². The number of aliphatic hydroxyl groups excluding tert-OH is 9. The molecule has 6 unspecified atom stereocenters. The normalized spacial score (nSPS) is 42.7. The van der Waals surface area contributed by atoms with Gasteiger partial charge in [-0.25, -0.2) is 0 Å². The fourth-order valence-corrected chi connectivity index (χ4v) is 7.92. The Labute approximate surface area is 392 Å². The summed E-state index contributed by atoms with van der Waals surface area (Å²) in [5.41, 5.74) is 5.99. The predicted molar refractivity (Wildman–Crippen MR) is 247 cm³/mol. The number of carbonyl (C=O) groups is 2. The van der Waals surface area contributed by atoms with Crippen LogP contribution < -0.4 is 11.1 Å². The van der Waals surface area contributed by atoms with E-state index >= 15 is 0 Å². The summed E-state index contributed by atoms with van der Waals surface area (Å²) in [6.45, 7) is 3.37. The van der Waals surface area contributed by atoms with E-state index < -0.39 is 135 Å². The van der Waals surface area contributed by atoms with E-state index in [1.54, 1.807) is 61.6 Å². The quantitative estimate of drug-likeness (QED) is 0.128. The van der Waals surface area contributed by atoms with Crippen LogP contribution in [0.2, 0.25) is 0 Å². The van der Waals surface area contributed by atoms with E-state index in [0.29, 0.717) is 0 Å². The van der Waals surface area contributed by atoms with Gasteiger partial charge in [-0.1, -0.05) is 92.0 Å². The third-order valence-corrected chi connectivity index (χ3v) is 11.7. The summed E-state index contributed by atoms with van der Waals surface area (Å²) in [4.78, 5) is 26.0. The Kier molecular flexibility index (Phi) is 25.8. The van der Waals surface area contributed by atoms with Gasteiger partial charge in [0, 0.05) is 50.3 Å². The van der Waals surface area contributed by atoms with Crippen molar-refractivity contribution < 1.29 is 79.6 Å². The maximum Gasteiger partial charge on any atom is 0.308 e. The van der Waals surface area contributed by atoms with Crippen molar-refractivity contribution in [2.45, 2.75) is 163 Å². The minimum Gasteiger partial charge on any atom is -0.462 e. The van der Waals surface area contributed by atoms with Crippen molar-refractivity contribution in [1.29, 1.82) is 0 Å². The van der Waals surface area contributed by atoms with Gasteiger partial charge >= 0.3 is 5.97 Å². The molecule has 0 aromatic rings. The number of rotatable bonds is 5. The molecule has 374 valence electrons. The van der Waals surface area contributed by atoms with Gasteiger partial charge in [0.15, 0.2) is 12.1 Å². The second-order valence-corrected chi connectivity index (χ2v) is 17.8. The minimum atomic E-state index is -2.25. The number of amides is 1. The van der Waals surface area contributed by atoms with Gasteiger partial charge in [-0.15, -0.1) is 0 Å². The van der Waals surface area contributed by atoms with Crippen molar-refractivity contribution in [3.05, 3.63) is 85.1 Å². The van der Waals surface area contributed by atoms with Crippen molar-refractivity contribution in [3.63, 3.8) is 0 Å². The lowest BCUT2D eigenvalue weighted by atomic mass is 9.82. The number of esters is 1. The van der Waals surface area contributed by atoms with Gasteiger partial charge in [-0.3, -0.25) is 9.59 Å². The lowest BCUT2D eigenvalue weighted by Crippen LogP contribution is -2.59. The Balaban J connectivity index is 1.88. The van der Waals surface area contributed by atoms with Crippen LogP contribution in [0.1, 0.15) is 71.6 Å². The van der Waals surface area contributed by atoms with Crippen molar-refractivity contribution in [2.24, 2.45) is 17.6 Å². The van der Waals surface area contributed by atoms with Gasteiger partial charge in [-0.2, -0.15) is 12.6 Å². The number of allylic oxidation sites excluding steroid dienone is 12. The standard InChI is InChI=1S/C47H74N2O16S/c1-29-15-13-11-9-7-5-3-4-6-8-10-12-14-16-34(64-46-44(59)43(48)39(57)28-62-46)25-40-42(45(60)49-19-20-66)38(56)27-47(61,65-40)26-33(52)23-37(55)35(53)18-17-31(50)22-32(51)24-41(58)63-30(2)21-36(29)54/h3-16,29-40,42-44,46,50-57,59,61,66H,17-28,48H2,1-2H3,(H,49,60)/b4-3+,7-5+,8-6+,11-9+,12-10+,15-13+,16-14+/t29-,30-,31?,32?,33?,34?,35?,36-,37+,38-,39+,40-,42+,43-,44-,46-,47?/m0/s1. The van der Waals surface area contributed by atoms with Crippen LogP contribution in [0.5, 0.6) is 0 Å². The zero-order valence-electron chi connectivity index (χ0n) is 37.8. The molecule has 0 radical (unpaired) electrons. The number of nitrogens with two attached hydrogens (primary N) is 1. The van der Waals surface area contributed by atoms with E-state index in [1.165, 1.54) is 0 Å². The van der Waals surface area contributed by atoms with Gasteiger partial charge in [0.1, 0.15) is 12.2 Å². The number of aliphatic hydroxyl groups is 10. The van der Waals surface area contributed by atoms with Crippen LogP contribution in [0.25, 0.3) is 0 Å². The molecule has 66 heavy (non-hydrogen) atoms. The second-order valence-electron chi connectivity index (χ2n) is 17.4. The molecule has 0 aromatic heterocycles. The third-order valence-electron chi connectivity index (χ3n) is 11.5. The van der Waals surface area contributed by atoms with Crippen LogP contribution in [-0.4, -0.2) is 173 Å². The molecule has 17 atom stereocenters. The van der Waals surface area contributed by atoms with Crippen molar-refractivity contribution in [1.82, 2.24) is 5.32 Å². The Morgan fingerprint density at radius 2 is 1.35 bits per heavy atom. The zero-order valence-corrected chi connectivity index (χ0v) is 38.6. The summed E-state index contributed by atoms with van der Waals surface area (Å²) in [6.07, 6.45) is 5.96. The zero-order chi connectivity index (χ0) is 48.8. The summed E-state index contributed by atoms with van der Waals surface area (Å²) >= 11 is 4.15. The van der Waals surface area contributed by atoms with Crippen LogP contribution in [0.4, 0.5) is 0 Å². The van der Waals surface area contributed by atoms with Crippen molar-refractivity contribution in [3.8, 4) is 0 Å². The lowest BCUT2D eigenvalue weighted by Gasteiger charge is -2.45. The largest absolute Gasteiger partial charge is 0.462 e. The van der Waals surface area contributed by atoms with Crippen molar-refractivity contribution >= 4 is 24.5 Å². The van der Waals surface area contributed by atoms with E-state index in [9.17, 15) is 60.7 Å². The van der Waals surface area contributed by atoms with Gasteiger partial charge in [0.25, 0.3) is 0 Å². The minimum absolute atomic E-state index is 0.0891. The summed E-state index contributed by atoms with van der Waals surface area (Å²) < 4.78 is 23.2. The first kappa shape index (κ1) is 57.2. The Morgan fingerprint density at radius 3 is 1.97 bits per heavy atom. The molecule has 3 heterocycles. The SMILES string of the molecule is C[C@H]1C[C@H](O)[C@@H](C)/C=C/C=C/C=C/C=C/C=C/C=C/C=C/C(O[C@@H]2OC[C@@H](O)[C@H](N)[C@@H]2O)C[C@@H]2OC(O)(CC(O)C[C@@H](O)C(O)CCC(O)CC(O)CC(=O)O1)C[C@H](O)[C@H]2C(=O)NCCS. The number of cyclic esters (lactones) is 1. The molecule has 1 amide bonds. The molecule has 3 aliphatic rings. The van der Waals surface area contributed by atoms with Gasteiger partial charge in [-0.05, 0) is 26.2 Å². The van der Waals surface area contributed by atoms with Gasteiger partial charge in [0.2, 0.25) is 5.91 Å². The maximum atomic E-state index is 13.5. The van der Waals surface area contributed by atoms with Crippen molar-refractivity contribution in [2.75, 3.05) is 18.9 Å². The monoisotopic (exact) mass is 954 g/mol. The third kappa shape index (κ3) is 20.6. The number of carbonyl (C=O) groups excluding carboxylic acids is 2. The summed E-state index contributed by atoms with van der Waals surface area (Å²) in [6, 6.07) is -1.10. The number of hydrogen-bond acceptors (Lipinski definition) is 18. The number of fused-ring (bicyclic) bond motifs is 2. The predicted octanol–water partition coefficient (Wildman–Crippen LogP) is 0.0386. The molecule has 2 fully saturated rings. The molecule has 0 saturated carbocycles. The van der Waals surface area contributed by atoms with Crippen LogP contribution in [0.15, 0.2) is 85.1 Å². The number of hydrogen-bond donors (Lipinski definition) is 13. The van der Waals surface area contributed by atoms with Crippen LogP contribution in [-0.2, 0) is 28.5 Å². The first-order valence-corrected chi connectivity index (χ1v) is 23.3. The maximum absolute atomic E-state index is 13.5. The Morgan fingerprint density at radius 1 is 0.742 bits per heavy atom. The molecular weight excluding hydrogens is 881 g/mol. The highest BCUT2D eigenvalue weighted by atomic mass is 32.1. The molecule has 19 heteroatoms. The van der Waals surface area contributed by atoms with E-state index in [-0.39, 0.29) is 56.9 Å². The Bertz CT molecular complexity index is 1660. The van der Waals surface area contributed by atoms with E-state index in [1.807, 2.05) is 37.3 Å². The average Bonchev–Trinajstić information content (AvgIpc) is 3.23. The smallest absolute Gasteiger partial charge is 0.308 e. The van der Waals surface area contributed by atoms with Gasteiger partial charge < -0.3 is 81.1 Å². The molecule has 3 rings (SSSR count). The highest BCUT2D eigenvalue weighted by molar-refractivity contribution is 7.80. The van der Waals surface area contributed by atoms with E-state index in [2.05, 4.69) is 17.9 Å². The lowest BCUT2D eigenvalue weighted by molar-refractivity contribution is -0.304. The number of nitrogens with one attached hydrogen (secondary N) is 1. The van der Waals surface area contributed by atoms with Crippen LogP contribution >= 0.6 is 12.6 Å². The summed E-state index contributed by atoms with van der Waals surface area (Å²) in [7, 11) is 0. The van der Waals surface area contributed by atoms with Crippen LogP contribution in [0.3, 0.4) is 0 Å². The molecular formula is C47H74N2O16S. The molecule has 3 aliphatic heterocycles. The second kappa shape index (κ2) is 29.7. The molecule has 2 saturated heterocycles. The highest BCUT2D eigenvalue weighted by Crippen LogP contribution is 2.38. The van der Waals surface area contributed by atoms with E-state index in [0.717, 1.165) is 0 Å². The highest BCUT2D eigenvalue weighted by Gasteiger charge is 2.50. The Hall–Kier alpha value is -3.09. The number of thiol groups is 1. The van der Waals surface area contributed by atoms with E-state index in [4.69, 9.17) is 24.7 Å². The first-order chi connectivity index (χ1) is 31.3. The molecule has 0 spiro atoms. The molecule has 0 aliphatic carbocycles. The molecule has 13 N–H and O–H groups in total. The van der Waals surface area contributed by atoms with Crippen LogP contribution in [0, 0.1) is 11.8 Å². The number of ether oxygens (including phenoxy) is 4. The average molecular weight is 955 g/mol. The first-order valence-electron chi connectivity index (χ1n) is 22.6. The molecule has 18 nitrogen and oxygen atoms in total. The molecule has 0 aromatic carbocycles. The summed E-state index contributed by atoms with van der Waals surface area (Å²) in [5, 5.41) is 111. The fraction of sp³-hybridized carbons (Fsp3) is 0.660. The molecule has 2 bridgehead atoms. The fourth-order valence-electron chi connectivity index (χ4n) is 7.81. The summed E-state index contributed by atoms with van der Waals surface area (Å²) in [5.74, 6) is -4.81.